The fourth-order valence-corrected chi connectivity index (χ4v) is 17.8. The molecule has 640 valence electrons. The first-order valence-electron chi connectivity index (χ1n) is 45.4. The van der Waals surface area contributed by atoms with Crippen LogP contribution in [0.4, 0.5) is 0 Å². The van der Waals surface area contributed by atoms with Crippen LogP contribution in [0.2, 0.25) is 0 Å². The van der Waals surface area contributed by atoms with Crippen molar-refractivity contribution in [3.05, 3.63) is 132 Å². The molecular weight excluding hydrogens is 1520 g/mol. The molecule has 0 amide bonds. The highest BCUT2D eigenvalue weighted by molar-refractivity contribution is 7.86. The molecule has 0 saturated carbocycles. The van der Waals surface area contributed by atoms with E-state index in [4.69, 9.17) is 24.2 Å². The van der Waals surface area contributed by atoms with Crippen molar-refractivity contribution < 1.29 is 53.1 Å². The van der Waals surface area contributed by atoms with Crippen LogP contribution in [0.15, 0.2) is 124 Å². The number of hydrogen-bond donors (Lipinski definition) is 5. The zero-order valence-corrected chi connectivity index (χ0v) is 73.3. The average molecular weight is 1660 g/mol. The molecular formula is C98H138N4O12S3. The van der Waals surface area contributed by atoms with E-state index in [2.05, 4.69) is 42.9 Å². The Labute approximate surface area is 702 Å². The lowest BCUT2D eigenvalue weighted by Crippen LogP contribution is -2.07. The van der Waals surface area contributed by atoms with E-state index in [9.17, 15) is 38.9 Å². The Morgan fingerprint density at radius 3 is 0.667 bits per heavy atom. The Hall–Kier alpha value is -7.39. The van der Waals surface area contributed by atoms with Crippen LogP contribution in [0.25, 0.3) is 90.9 Å². The van der Waals surface area contributed by atoms with Gasteiger partial charge in [0.1, 0.15) is 0 Å². The number of aromatic nitrogens is 4. The molecule has 0 saturated heterocycles. The number of unbranched alkanes of at least 4 members (excludes halogenated alkanes) is 45. The van der Waals surface area contributed by atoms with Crippen LogP contribution >= 0.6 is 0 Å². The molecule has 7 aromatic rings. The van der Waals surface area contributed by atoms with Crippen LogP contribution in [-0.4, -0.2) is 78.7 Å². The maximum Gasteiger partial charge on any atom is 0.294 e. The lowest BCUT2D eigenvalue weighted by atomic mass is 10.0. The standard InChI is InChI=1S/C98H138N4O12S3/c1-4-7-10-13-16-19-22-25-28-31-34-37-40-43-46-49-72-112-92-75-80(76-93(113-73-50-47-44-41-38-35-32-29-26-23-20-17-14-11-8-5-2)98(92)114-74-51-48-45-42-39-36-33-30-27-24-21-18-15-12-9-6-3)97-90-70-68-88(101-90)95(78-54-60-82(61-55-78)116(106,107)108)86-66-64-84(99-86)94(77-52-58-81(59-53-77)115(103,104)105)85-65-67-87(100-85)96(89-69-71-91(97)102-89)79-56-62-83(63-57-79)117(109,110)111/h52-71,75-76,99,102H,4-51,72-74H2,1-3H3,(H,103,104,105)(H,106,107,108)(H,109,110,111). The molecule has 4 aromatic carbocycles. The second-order valence-corrected chi connectivity index (χ2v) is 37.0. The van der Waals surface area contributed by atoms with E-state index in [1.165, 1.54) is 287 Å². The monoisotopic (exact) mass is 1660 g/mol. The first-order chi connectivity index (χ1) is 56.9. The smallest absolute Gasteiger partial charge is 0.294 e. The molecule has 2 aliphatic heterocycles. The fourth-order valence-electron chi connectivity index (χ4n) is 16.4. The zero-order chi connectivity index (χ0) is 82.8. The third kappa shape index (κ3) is 31.6. The minimum absolute atomic E-state index is 0.285. The molecule has 19 heteroatoms. The summed E-state index contributed by atoms with van der Waals surface area (Å²) in [6.45, 7) is 8.24. The Morgan fingerprint density at radius 2 is 0.453 bits per heavy atom. The van der Waals surface area contributed by atoms with Gasteiger partial charge in [0.15, 0.2) is 11.5 Å². The Kier molecular flexibility index (Phi) is 41.0. The zero-order valence-electron chi connectivity index (χ0n) is 70.9. The Balaban J connectivity index is 1.10. The molecule has 9 rings (SSSR count). The number of rotatable bonds is 61. The van der Waals surface area contributed by atoms with Crippen molar-refractivity contribution >= 4 is 76.7 Å². The SMILES string of the molecule is CCCCCCCCCCCCCCCCCCOc1cc(-c2c3nc(c(-c4ccc(S(=O)(=O)O)cc4)c4ccc([nH]4)c(-c4ccc(S(=O)(=O)O)cc4)c4nc(c(-c5ccc(S(=O)(=O)O)cc5)c5ccc2[nH]5)C=C4)C=C3)cc(OCCCCCCCCCCCCCCCCCC)c1OCCCCCCCCCCCCCCCCCC. The lowest BCUT2D eigenvalue weighted by Gasteiger charge is -2.19. The second-order valence-electron chi connectivity index (χ2n) is 32.8. The number of nitrogens with one attached hydrogen (secondary N) is 2. The number of hydrogen-bond acceptors (Lipinski definition) is 11. The fraction of sp³-hybridized carbons (Fsp3) is 0.551. The normalized spacial score (nSPS) is 12.4. The van der Waals surface area contributed by atoms with E-state index >= 15 is 0 Å². The number of aromatic amines is 2. The van der Waals surface area contributed by atoms with Gasteiger partial charge in [0.2, 0.25) is 5.75 Å². The van der Waals surface area contributed by atoms with E-state index in [1.54, 1.807) is 36.4 Å². The van der Waals surface area contributed by atoms with Crippen molar-refractivity contribution in [1.82, 2.24) is 19.9 Å². The van der Waals surface area contributed by atoms with E-state index in [0.29, 0.717) is 121 Å². The third-order valence-electron chi connectivity index (χ3n) is 23.1. The van der Waals surface area contributed by atoms with Crippen LogP contribution in [0.1, 0.15) is 352 Å². The topological polar surface area (TPSA) is 248 Å². The quantitative estimate of drug-likeness (QED) is 0.0176. The third-order valence-corrected chi connectivity index (χ3v) is 25.7. The van der Waals surface area contributed by atoms with E-state index in [1.807, 2.05) is 48.6 Å². The second kappa shape index (κ2) is 51.3. The molecule has 5 N–H and O–H groups in total. The predicted octanol–water partition coefficient (Wildman–Crippen LogP) is 29.0. The highest BCUT2D eigenvalue weighted by atomic mass is 32.2. The summed E-state index contributed by atoms with van der Waals surface area (Å²) < 4.78 is 127. The summed E-state index contributed by atoms with van der Waals surface area (Å²) in [5.41, 5.74) is 9.12. The van der Waals surface area contributed by atoms with Crippen molar-refractivity contribution in [2.75, 3.05) is 19.8 Å². The van der Waals surface area contributed by atoms with E-state index in [-0.39, 0.29) is 14.7 Å². The Bertz CT molecular complexity index is 4570. The summed E-state index contributed by atoms with van der Waals surface area (Å²) in [7, 11) is -13.7. The van der Waals surface area contributed by atoms with Gasteiger partial charge < -0.3 is 24.2 Å². The molecule has 0 radical (unpaired) electrons. The molecule has 0 atom stereocenters. The predicted molar refractivity (Wildman–Crippen MR) is 485 cm³/mol. The van der Waals surface area contributed by atoms with Crippen LogP contribution in [-0.2, 0) is 30.4 Å². The number of nitrogens with zero attached hydrogens (tertiary/aromatic N) is 2. The van der Waals surface area contributed by atoms with E-state index < -0.39 is 30.4 Å². The molecule has 0 fully saturated rings. The molecule has 3 aromatic heterocycles. The van der Waals surface area contributed by atoms with Gasteiger partial charge in [-0.1, -0.05) is 346 Å². The maximum absolute atomic E-state index is 12.6. The average Bonchev–Trinajstić information content (AvgIpc) is 1.66. The first kappa shape index (κ1) is 93.5. The highest BCUT2D eigenvalue weighted by Crippen LogP contribution is 2.46. The van der Waals surface area contributed by atoms with Gasteiger partial charge in [0.05, 0.1) is 57.3 Å². The molecule has 16 nitrogen and oxygen atoms in total. The first-order valence-corrected chi connectivity index (χ1v) is 49.7. The summed E-state index contributed by atoms with van der Waals surface area (Å²) in [6, 6.07) is 29.5. The molecule has 5 heterocycles. The van der Waals surface area contributed by atoms with Gasteiger partial charge in [-0.3, -0.25) is 13.7 Å². The number of H-pyrrole nitrogens is 2. The number of fused-ring (bicyclic) bond motifs is 8. The van der Waals surface area contributed by atoms with Crippen molar-refractivity contribution in [3.63, 3.8) is 0 Å². The largest absolute Gasteiger partial charge is 0.490 e. The highest BCUT2D eigenvalue weighted by Gasteiger charge is 2.25. The van der Waals surface area contributed by atoms with Gasteiger partial charge >= 0.3 is 0 Å². The van der Waals surface area contributed by atoms with Crippen molar-refractivity contribution in [2.45, 2.75) is 344 Å². The van der Waals surface area contributed by atoms with Gasteiger partial charge in [-0.05, 0) is 139 Å². The maximum atomic E-state index is 12.6. The molecule has 117 heavy (non-hydrogen) atoms. The minimum atomic E-state index is -4.58. The van der Waals surface area contributed by atoms with Crippen LogP contribution in [0, 0.1) is 0 Å². The van der Waals surface area contributed by atoms with Gasteiger partial charge in [0, 0.05) is 44.3 Å². The summed E-state index contributed by atoms with van der Waals surface area (Å²) in [6.07, 6.45) is 68.1. The van der Waals surface area contributed by atoms with Gasteiger partial charge in [-0.15, -0.1) is 0 Å². The Morgan fingerprint density at radius 1 is 0.256 bits per heavy atom. The van der Waals surface area contributed by atoms with Crippen molar-refractivity contribution in [3.8, 4) is 61.8 Å². The number of benzene rings is 4. The van der Waals surface area contributed by atoms with Crippen molar-refractivity contribution in [1.29, 1.82) is 0 Å². The molecule has 2 aliphatic rings. The van der Waals surface area contributed by atoms with Gasteiger partial charge in [0.25, 0.3) is 30.4 Å². The summed E-state index contributed by atoms with van der Waals surface area (Å²) in [4.78, 5) is 17.4. The van der Waals surface area contributed by atoms with Crippen LogP contribution in [0.3, 0.4) is 0 Å². The summed E-state index contributed by atoms with van der Waals surface area (Å²) >= 11 is 0. The lowest BCUT2D eigenvalue weighted by molar-refractivity contribution is 0.234. The minimum Gasteiger partial charge on any atom is -0.490 e. The number of ether oxygens (including phenoxy) is 3. The van der Waals surface area contributed by atoms with Gasteiger partial charge in [-0.25, -0.2) is 9.97 Å². The summed E-state index contributed by atoms with van der Waals surface area (Å²) in [5, 5.41) is 0. The molecule has 0 unspecified atom stereocenters. The molecule has 8 bridgehead atoms. The van der Waals surface area contributed by atoms with Gasteiger partial charge in [-0.2, -0.15) is 25.3 Å². The molecule has 0 aliphatic carbocycles. The van der Waals surface area contributed by atoms with Crippen LogP contribution < -0.4 is 14.2 Å². The van der Waals surface area contributed by atoms with Crippen molar-refractivity contribution in [2.24, 2.45) is 0 Å². The van der Waals surface area contributed by atoms with Crippen LogP contribution in [0.5, 0.6) is 17.2 Å². The summed E-state index contributed by atoms with van der Waals surface area (Å²) in [5.74, 6) is 1.70. The van der Waals surface area contributed by atoms with E-state index in [0.717, 1.165) is 63.4 Å². The molecule has 0 spiro atoms.